The molecule has 1 aromatic heterocycles. The third kappa shape index (κ3) is 3.24. The minimum Gasteiger partial charge on any atom is -0.478 e. The molecule has 0 atom stereocenters. The molecule has 0 bridgehead atoms. The minimum absolute atomic E-state index is 0.00865. The van der Waals surface area contributed by atoms with Gasteiger partial charge in [0.2, 0.25) is 5.88 Å². The number of nitrogens with zero attached hydrogens (tertiary/aromatic N) is 2. The average molecular weight is 293 g/mol. The van der Waals surface area contributed by atoms with Crippen LogP contribution in [-0.4, -0.2) is 21.0 Å². The zero-order valence-corrected chi connectivity index (χ0v) is 11.8. The van der Waals surface area contributed by atoms with Crippen molar-refractivity contribution in [2.75, 3.05) is 0 Å². The van der Waals surface area contributed by atoms with Gasteiger partial charge in [-0.3, -0.25) is 0 Å². The van der Waals surface area contributed by atoms with E-state index in [0.29, 0.717) is 17.5 Å². The number of carbonyl (C=O) groups is 1. The van der Waals surface area contributed by atoms with E-state index < -0.39 is 5.97 Å². The zero-order chi connectivity index (χ0) is 14.7. The van der Waals surface area contributed by atoms with Gasteiger partial charge in [0.15, 0.2) is 0 Å². The highest BCUT2D eigenvalue weighted by Gasteiger charge is 2.11. The van der Waals surface area contributed by atoms with Gasteiger partial charge in [-0.05, 0) is 31.5 Å². The van der Waals surface area contributed by atoms with Crippen LogP contribution in [0.15, 0.2) is 24.3 Å². The molecule has 20 heavy (non-hydrogen) atoms. The van der Waals surface area contributed by atoms with Gasteiger partial charge in [-0.1, -0.05) is 18.5 Å². The van der Waals surface area contributed by atoms with Crippen molar-refractivity contribution in [3.63, 3.8) is 0 Å². The lowest BCUT2D eigenvalue weighted by Crippen LogP contribution is -2.00. The number of aromatic nitrogens is 2. The van der Waals surface area contributed by atoms with E-state index in [1.165, 1.54) is 12.1 Å². The van der Waals surface area contributed by atoms with E-state index in [1.54, 1.807) is 19.1 Å². The maximum atomic E-state index is 11.0. The largest absolute Gasteiger partial charge is 0.478 e. The van der Waals surface area contributed by atoms with E-state index in [1.807, 2.05) is 6.92 Å². The molecular formula is C14H13ClN2O3. The molecular weight excluding hydrogens is 280 g/mol. The van der Waals surface area contributed by atoms with Crippen molar-refractivity contribution in [3.8, 4) is 11.6 Å². The van der Waals surface area contributed by atoms with Crippen molar-refractivity contribution in [2.24, 2.45) is 0 Å². The fraction of sp³-hybridized carbons (Fsp3) is 0.214. The third-order valence-corrected chi connectivity index (χ3v) is 2.95. The van der Waals surface area contributed by atoms with Crippen LogP contribution in [0.3, 0.4) is 0 Å². The first kappa shape index (κ1) is 14.3. The second-order valence-electron chi connectivity index (χ2n) is 4.15. The molecule has 1 N–H and O–H groups in total. The quantitative estimate of drug-likeness (QED) is 0.934. The van der Waals surface area contributed by atoms with E-state index in [2.05, 4.69) is 9.97 Å². The first-order valence-electron chi connectivity index (χ1n) is 6.05. The number of ether oxygens (including phenoxy) is 1. The number of carboxylic acids is 1. The van der Waals surface area contributed by atoms with Crippen molar-refractivity contribution in [2.45, 2.75) is 20.3 Å². The standard InChI is InChI=1S/C14H13ClN2O3/c1-3-9-6-13(17-8(2)16-9)20-10-4-5-12(15)11(7-10)14(18)19/h4-7H,3H2,1-2H3,(H,18,19). The smallest absolute Gasteiger partial charge is 0.337 e. The van der Waals surface area contributed by atoms with Gasteiger partial charge in [-0.15, -0.1) is 0 Å². The van der Waals surface area contributed by atoms with Crippen LogP contribution in [-0.2, 0) is 6.42 Å². The summed E-state index contributed by atoms with van der Waals surface area (Å²) in [6, 6.07) is 6.17. The van der Waals surface area contributed by atoms with Gasteiger partial charge in [-0.25, -0.2) is 9.78 Å². The Morgan fingerprint density at radius 1 is 1.35 bits per heavy atom. The number of aryl methyl sites for hydroxylation is 2. The summed E-state index contributed by atoms with van der Waals surface area (Å²) >= 11 is 5.81. The molecule has 2 rings (SSSR count). The van der Waals surface area contributed by atoms with Gasteiger partial charge >= 0.3 is 5.97 Å². The Labute approximate surface area is 121 Å². The van der Waals surface area contributed by atoms with Crippen LogP contribution in [0, 0.1) is 6.92 Å². The fourth-order valence-electron chi connectivity index (χ4n) is 1.69. The van der Waals surface area contributed by atoms with E-state index >= 15 is 0 Å². The molecule has 0 saturated carbocycles. The predicted octanol–water partition coefficient (Wildman–Crippen LogP) is 3.49. The summed E-state index contributed by atoms with van der Waals surface area (Å²) in [5.41, 5.74) is 0.852. The van der Waals surface area contributed by atoms with Crippen LogP contribution in [0.1, 0.15) is 28.8 Å². The van der Waals surface area contributed by atoms with E-state index in [4.69, 9.17) is 21.4 Å². The van der Waals surface area contributed by atoms with Crippen LogP contribution in [0.2, 0.25) is 5.02 Å². The molecule has 0 fully saturated rings. The van der Waals surface area contributed by atoms with Gasteiger partial charge in [0.05, 0.1) is 10.6 Å². The molecule has 0 aliphatic rings. The molecule has 0 unspecified atom stereocenters. The fourth-order valence-corrected chi connectivity index (χ4v) is 1.88. The Morgan fingerprint density at radius 3 is 2.75 bits per heavy atom. The molecule has 0 radical (unpaired) electrons. The first-order valence-corrected chi connectivity index (χ1v) is 6.42. The number of halogens is 1. The van der Waals surface area contributed by atoms with E-state index in [-0.39, 0.29) is 10.6 Å². The zero-order valence-electron chi connectivity index (χ0n) is 11.1. The second-order valence-corrected chi connectivity index (χ2v) is 4.55. The highest BCUT2D eigenvalue weighted by molar-refractivity contribution is 6.33. The Bertz CT molecular complexity index is 659. The Balaban J connectivity index is 2.32. The van der Waals surface area contributed by atoms with Crippen molar-refractivity contribution in [1.29, 1.82) is 0 Å². The van der Waals surface area contributed by atoms with Crippen LogP contribution >= 0.6 is 11.6 Å². The van der Waals surface area contributed by atoms with Crippen molar-refractivity contribution in [3.05, 3.63) is 46.4 Å². The topological polar surface area (TPSA) is 72.3 Å². The molecule has 0 saturated heterocycles. The lowest BCUT2D eigenvalue weighted by atomic mass is 10.2. The van der Waals surface area contributed by atoms with Gasteiger partial charge in [-0.2, -0.15) is 4.98 Å². The molecule has 0 spiro atoms. The van der Waals surface area contributed by atoms with Gasteiger partial charge < -0.3 is 9.84 Å². The summed E-state index contributed by atoms with van der Waals surface area (Å²) in [6.07, 6.45) is 0.765. The lowest BCUT2D eigenvalue weighted by molar-refractivity contribution is 0.0696. The molecule has 0 aliphatic carbocycles. The molecule has 6 heteroatoms. The summed E-state index contributed by atoms with van der Waals surface area (Å²) in [4.78, 5) is 19.4. The van der Waals surface area contributed by atoms with Gasteiger partial charge in [0.1, 0.15) is 11.6 Å². The van der Waals surface area contributed by atoms with Crippen molar-refractivity contribution >= 4 is 17.6 Å². The average Bonchev–Trinajstić information content (AvgIpc) is 2.40. The Kier molecular flexibility index (Phi) is 4.20. The molecule has 2 aromatic rings. The summed E-state index contributed by atoms with van der Waals surface area (Å²) in [6.45, 7) is 3.76. The molecule has 5 nitrogen and oxygen atoms in total. The number of carboxylic acid groups (broad SMARTS) is 1. The molecule has 0 amide bonds. The Hall–Kier alpha value is -2.14. The number of hydrogen-bond acceptors (Lipinski definition) is 4. The third-order valence-electron chi connectivity index (χ3n) is 2.62. The number of rotatable bonds is 4. The van der Waals surface area contributed by atoms with Crippen LogP contribution < -0.4 is 4.74 Å². The normalized spacial score (nSPS) is 10.3. The second kappa shape index (κ2) is 5.88. The van der Waals surface area contributed by atoms with Crippen molar-refractivity contribution < 1.29 is 14.6 Å². The summed E-state index contributed by atoms with van der Waals surface area (Å²) < 4.78 is 5.57. The van der Waals surface area contributed by atoms with Crippen LogP contribution in [0.25, 0.3) is 0 Å². The number of hydrogen-bond donors (Lipinski definition) is 1. The van der Waals surface area contributed by atoms with E-state index in [0.717, 1.165) is 12.1 Å². The Morgan fingerprint density at radius 2 is 2.10 bits per heavy atom. The first-order chi connectivity index (χ1) is 9.49. The minimum atomic E-state index is -1.10. The predicted molar refractivity (Wildman–Crippen MR) is 74.6 cm³/mol. The number of benzene rings is 1. The number of aromatic carboxylic acids is 1. The van der Waals surface area contributed by atoms with Gasteiger partial charge in [0, 0.05) is 11.8 Å². The van der Waals surface area contributed by atoms with Crippen LogP contribution in [0.4, 0.5) is 0 Å². The van der Waals surface area contributed by atoms with E-state index in [9.17, 15) is 4.79 Å². The molecule has 1 heterocycles. The highest BCUT2D eigenvalue weighted by Crippen LogP contribution is 2.26. The molecule has 104 valence electrons. The summed E-state index contributed by atoms with van der Waals surface area (Å²) in [7, 11) is 0. The van der Waals surface area contributed by atoms with Crippen molar-refractivity contribution in [1.82, 2.24) is 9.97 Å². The summed E-state index contributed by atoms with van der Waals surface area (Å²) in [5.74, 6) is 0.250. The van der Waals surface area contributed by atoms with Crippen LogP contribution in [0.5, 0.6) is 11.6 Å². The lowest BCUT2D eigenvalue weighted by Gasteiger charge is -2.08. The molecule has 0 aliphatic heterocycles. The van der Waals surface area contributed by atoms with Gasteiger partial charge in [0.25, 0.3) is 0 Å². The highest BCUT2D eigenvalue weighted by atomic mass is 35.5. The molecule has 1 aromatic carbocycles. The summed E-state index contributed by atoms with van der Waals surface area (Å²) in [5, 5.41) is 9.18. The maximum Gasteiger partial charge on any atom is 0.337 e. The maximum absolute atomic E-state index is 11.0. The monoisotopic (exact) mass is 292 g/mol. The SMILES string of the molecule is CCc1cc(Oc2ccc(Cl)c(C(=O)O)c2)nc(C)n1.